The molecule has 6 heteroatoms. The van der Waals surface area contributed by atoms with Crippen LogP contribution in [0.1, 0.15) is 20.3 Å². The molecule has 0 spiro atoms. The van der Waals surface area contributed by atoms with Crippen LogP contribution in [0.15, 0.2) is 0 Å². The van der Waals surface area contributed by atoms with Gasteiger partial charge in [0, 0.05) is 13.1 Å². The number of alkyl halides is 3. The highest BCUT2D eigenvalue weighted by Gasteiger charge is 2.37. The van der Waals surface area contributed by atoms with Crippen LogP contribution >= 0.6 is 0 Å². The fourth-order valence-corrected chi connectivity index (χ4v) is 2.13. The Balaban J connectivity index is 2.66. The Morgan fingerprint density at radius 1 is 1.41 bits per heavy atom. The summed E-state index contributed by atoms with van der Waals surface area (Å²) in [5, 5.41) is 3.03. The van der Waals surface area contributed by atoms with Crippen molar-refractivity contribution in [1.29, 1.82) is 0 Å². The molecule has 0 aromatic rings. The summed E-state index contributed by atoms with van der Waals surface area (Å²) >= 11 is 0. The number of rotatable bonds is 4. The molecule has 0 aromatic carbocycles. The average molecular weight is 252 g/mol. The second-order valence-corrected chi connectivity index (χ2v) is 4.62. The fraction of sp³-hybridized carbons (Fsp3) is 0.909. The van der Waals surface area contributed by atoms with Crippen molar-refractivity contribution in [1.82, 2.24) is 10.2 Å². The number of nitrogens with zero attached hydrogens (tertiary/aromatic N) is 1. The minimum atomic E-state index is -4.32. The molecule has 2 unspecified atom stereocenters. The molecule has 0 saturated carbocycles. The highest BCUT2D eigenvalue weighted by atomic mass is 19.4. The molecule has 0 bridgehead atoms. The van der Waals surface area contributed by atoms with E-state index in [0.717, 1.165) is 4.90 Å². The normalized spacial score (nSPS) is 25.0. The van der Waals surface area contributed by atoms with E-state index in [-0.39, 0.29) is 24.3 Å². The summed E-state index contributed by atoms with van der Waals surface area (Å²) in [6, 6.07) is 0. The van der Waals surface area contributed by atoms with Crippen molar-refractivity contribution in [3.8, 4) is 0 Å². The Morgan fingerprint density at radius 3 is 2.47 bits per heavy atom. The number of carbonyl (C=O) groups excluding carboxylic acids is 1. The van der Waals surface area contributed by atoms with E-state index in [0.29, 0.717) is 19.5 Å². The molecule has 1 N–H and O–H groups in total. The predicted molar refractivity (Wildman–Crippen MR) is 58.4 cm³/mol. The second-order valence-electron chi connectivity index (χ2n) is 4.62. The smallest absolute Gasteiger partial charge is 0.333 e. The number of hydrogen-bond acceptors (Lipinski definition) is 2. The minimum Gasteiger partial charge on any atom is -0.333 e. The maximum absolute atomic E-state index is 12.4. The lowest BCUT2D eigenvalue weighted by Crippen LogP contribution is -2.44. The standard InChI is InChI=1S/C11H19F3N2O/c1-3-4-16(7-11(12,13)14)10(17)9-6-15-5-8(9)2/h8-9,15H,3-7H2,1-2H3. The van der Waals surface area contributed by atoms with Crippen LogP contribution in [0.4, 0.5) is 13.2 Å². The number of halogens is 3. The molecule has 2 atom stereocenters. The highest BCUT2D eigenvalue weighted by molar-refractivity contribution is 5.79. The number of carbonyl (C=O) groups is 1. The lowest BCUT2D eigenvalue weighted by Gasteiger charge is -2.27. The van der Waals surface area contributed by atoms with Gasteiger partial charge < -0.3 is 10.2 Å². The van der Waals surface area contributed by atoms with E-state index < -0.39 is 12.7 Å². The zero-order valence-electron chi connectivity index (χ0n) is 10.2. The van der Waals surface area contributed by atoms with E-state index in [2.05, 4.69) is 5.32 Å². The first-order valence-corrected chi connectivity index (χ1v) is 5.91. The lowest BCUT2D eigenvalue weighted by atomic mass is 9.96. The highest BCUT2D eigenvalue weighted by Crippen LogP contribution is 2.22. The van der Waals surface area contributed by atoms with Gasteiger partial charge in [-0.2, -0.15) is 13.2 Å². The van der Waals surface area contributed by atoms with E-state index in [1.165, 1.54) is 0 Å². The van der Waals surface area contributed by atoms with E-state index in [9.17, 15) is 18.0 Å². The van der Waals surface area contributed by atoms with Gasteiger partial charge in [0.1, 0.15) is 6.54 Å². The Hall–Kier alpha value is -0.780. The molecule has 1 fully saturated rings. The van der Waals surface area contributed by atoms with E-state index in [1.807, 2.05) is 6.92 Å². The van der Waals surface area contributed by atoms with Crippen molar-refractivity contribution in [2.45, 2.75) is 26.4 Å². The molecule has 100 valence electrons. The third-order valence-corrected chi connectivity index (χ3v) is 3.01. The molecule has 1 saturated heterocycles. The van der Waals surface area contributed by atoms with E-state index in [4.69, 9.17) is 0 Å². The minimum absolute atomic E-state index is 0.107. The van der Waals surface area contributed by atoms with Crippen LogP contribution in [0.2, 0.25) is 0 Å². The van der Waals surface area contributed by atoms with Crippen LogP contribution in [0.25, 0.3) is 0 Å². The molecular formula is C11H19F3N2O. The van der Waals surface area contributed by atoms with Crippen molar-refractivity contribution in [2.75, 3.05) is 26.2 Å². The van der Waals surface area contributed by atoms with Crippen LogP contribution in [-0.2, 0) is 4.79 Å². The summed E-state index contributed by atoms with van der Waals surface area (Å²) < 4.78 is 37.1. The molecule has 0 aromatic heterocycles. The third kappa shape index (κ3) is 4.18. The third-order valence-electron chi connectivity index (χ3n) is 3.01. The first-order chi connectivity index (χ1) is 7.85. The van der Waals surface area contributed by atoms with E-state index >= 15 is 0 Å². The summed E-state index contributed by atoms with van der Waals surface area (Å²) in [5.41, 5.74) is 0. The van der Waals surface area contributed by atoms with Crippen LogP contribution in [0.5, 0.6) is 0 Å². The van der Waals surface area contributed by atoms with Gasteiger partial charge >= 0.3 is 6.18 Å². The average Bonchev–Trinajstić information content (AvgIpc) is 2.61. The monoisotopic (exact) mass is 252 g/mol. The molecule has 0 radical (unpaired) electrons. The topological polar surface area (TPSA) is 32.3 Å². The fourth-order valence-electron chi connectivity index (χ4n) is 2.13. The van der Waals surface area contributed by atoms with Crippen LogP contribution in [0.3, 0.4) is 0 Å². The maximum Gasteiger partial charge on any atom is 0.406 e. The van der Waals surface area contributed by atoms with Crippen molar-refractivity contribution in [2.24, 2.45) is 11.8 Å². The number of hydrogen-bond donors (Lipinski definition) is 1. The van der Waals surface area contributed by atoms with Crippen LogP contribution < -0.4 is 5.32 Å². The summed E-state index contributed by atoms with van der Waals surface area (Å²) in [7, 11) is 0. The van der Waals surface area contributed by atoms with Crippen molar-refractivity contribution in [3.63, 3.8) is 0 Å². The van der Waals surface area contributed by atoms with Gasteiger partial charge in [0.25, 0.3) is 0 Å². The van der Waals surface area contributed by atoms with Gasteiger partial charge in [0.15, 0.2) is 0 Å². The van der Waals surface area contributed by atoms with Gasteiger partial charge in [0.2, 0.25) is 5.91 Å². The number of amides is 1. The molecule has 1 aliphatic rings. The van der Waals surface area contributed by atoms with E-state index in [1.54, 1.807) is 6.92 Å². The zero-order chi connectivity index (χ0) is 13.1. The maximum atomic E-state index is 12.4. The Kier molecular flexibility index (Phi) is 4.80. The molecular weight excluding hydrogens is 233 g/mol. The largest absolute Gasteiger partial charge is 0.406 e. The van der Waals surface area contributed by atoms with Gasteiger partial charge in [-0.25, -0.2) is 0 Å². The van der Waals surface area contributed by atoms with Gasteiger partial charge in [-0.1, -0.05) is 13.8 Å². The van der Waals surface area contributed by atoms with Gasteiger partial charge in [0.05, 0.1) is 5.92 Å². The molecule has 0 aliphatic carbocycles. The second kappa shape index (κ2) is 5.71. The quantitative estimate of drug-likeness (QED) is 0.825. The summed E-state index contributed by atoms with van der Waals surface area (Å²) in [5.74, 6) is -0.583. The molecule has 1 aliphatic heterocycles. The Labute approximate surface area is 99.4 Å². The van der Waals surface area contributed by atoms with Crippen molar-refractivity contribution in [3.05, 3.63) is 0 Å². The molecule has 17 heavy (non-hydrogen) atoms. The van der Waals surface area contributed by atoms with Crippen molar-refractivity contribution < 1.29 is 18.0 Å². The van der Waals surface area contributed by atoms with Crippen LogP contribution in [-0.4, -0.2) is 43.2 Å². The summed E-state index contributed by atoms with van der Waals surface area (Å²) in [4.78, 5) is 12.9. The van der Waals surface area contributed by atoms with Gasteiger partial charge in [-0.05, 0) is 18.9 Å². The number of nitrogens with one attached hydrogen (secondary N) is 1. The Morgan fingerprint density at radius 2 is 2.06 bits per heavy atom. The van der Waals surface area contributed by atoms with Gasteiger partial charge in [-0.15, -0.1) is 0 Å². The molecule has 1 heterocycles. The molecule has 1 amide bonds. The van der Waals surface area contributed by atoms with Crippen molar-refractivity contribution >= 4 is 5.91 Å². The lowest BCUT2D eigenvalue weighted by molar-refractivity contribution is -0.164. The van der Waals surface area contributed by atoms with Gasteiger partial charge in [-0.3, -0.25) is 4.79 Å². The summed E-state index contributed by atoms with van der Waals surface area (Å²) in [6.07, 6.45) is -3.78. The molecule has 1 rings (SSSR count). The Bertz CT molecular complexity index is 268. The van der Waals surface area contributed by atoms with Crippen LogP contribution in [0, 0.1) is 11.8 Å². The SMILES string of the molecule is CCCN(CC(F)(F)F)C(=O)C1CNCC1C. The predicted octanol–water partition coefficient (Wildman–Crippen LogP) is 1.64. The molecule has 3 nitrogen and oxygen atoms in total. The summed E-state index contributed by atoms with van der Waals surface area (Å²) in [6.45, 7) is 3.87. The first-order valence-electron chi connectivity index (χ1n) is 5.91. The first kappa shape index (κ1) is 14.3. The zero-order valence-corrected chi connectivity index (χ0v) is 10.2.